The van der Waals surface area contributed by atoms with Gasteiger partial charge in [0.15, 0.2) is 5.13 Å². The zero-order chi connectivity index (χ0) is 17.3. The molecule has 2 heterocycles. The minimum absolute atomic E-state index is 0.149. The Kier molecular flexibility index (Phi) is 4.27. The van der Waals surface area contributed by atoms with Gasteiger partial charge in [0, 0.05) is 24.7 Å². The van der Waals surface area contributed by atoms with Crippen molar-refractivity contribution in [2.75, 3.05) is 24.5 Å². The van der Waals surface area contributed by atoms with Crippen LogP contribution in [-0.2, 0) is 11.0 Å². The Morgan fingerprint density at radius 2 is 1.96 bits per heavy atom. The van der Waals surface area contributed by atoms with Crippen LogP contribution >= 0.6 is 11.3 Å². The third kappa shape index (κ3) is 3.12. The molecule has 1 saturated heterocycles. The molecule has 0 radical (unpaired) electrons. The van der Waals surface area contributed by atoms with Gasteiger partial charge in [0.05, 0.1) is 11.1 Å². The lowest BCUT2D eigenvalue weighted by atomic mass is 10.1. The van der Waals surface area contributed by atoms with E-state index in [0.717, 1.165) is 17.0 Å². The molecule has 2 aromatic rings. The molecular weight excluding hydrogens is 343 g/mol. The van der Waals surface area contributed by atoms with Gasteiger partial charge in [0.25, 0.3) is 5.91 Å². The van der Waals surface area contributed by atoms with Crippen molar-refractivity contribution < 1.29 is 22.8 Å². The number of aromatic nitrogens is 1. The van der Waals surface area contributed by atoms with E-state index in [2.05, 4.69) is 4.98 Å². The van der Waals surface area contributed by atoms with Gasteiger partial charge in [0.1, 0.15) is 6.54 Å². The summed E-state index contributed by atoms with van der Waals surface area (Å²) in [6, 6.07) is 4.59. The molecule has 5 nitrogen and oxygen atoms in total. The third-order valence-corrected chi connectivity index (χ3v) is 4.42. The molecular formula is C15H12F3N3O2S. The van der Waals surface area contributed by atoms with Crippen LogP contribution in [0.3, 0.4) is 0 Å². The van der Waals surface area contributed by atoms with Crippen LogP contribution in [0.5, 0.6) is 0 Å². The van der Waals surface area contributed by atoms with Crippen molar-refractivity contribution in [2.24, 2.45) is 0 Å². The number of benzene rings is 1. The maximum absolute atomic E-state index is 13.0. The fourth-order valence-electron chi connectivity index (χ4n) is 2.49. The maximum Gasteiger partial charge on any atom is 0.417 e. The van der Waals surface area contributed by atoms with E-state index in [9.17, 15) is 22.8 Å². The van der Waals surface area contributed by atoms with Crippen molar-refractivity contribution in [1.29, 1.82) is 0 Å². The number of amides is 2. The van der Waals surface area contributed by atoms with E-state index in [-0.39, 0.29) is 25.5 Å². The monoisotopic (exact) mass is 355 g/mol. The number of hydrogen-bond acceptors (Lipinski definition) is 4. The summed E-state index contributed by atoms with van der Waals surface area (Å²) in [6.07, 6.45) is -3.07. The summed E-state index contributed by atoms with van der Waals surface area (Å²) in [5, 5.41) is 2.24. The van der Waals surface area contributed by atoms with Gasteiger partial charge in [-0.05, 0) is 12.1 Å². The molecule has 1 aliphatic rings. The molecule has 2 amide bonds. The topological polar surface area (TPSA) is 53.5 Å². The van der Waals surface area contributed by atoms with Crippen molar-refractivity contribution in [1.82, 2.24) is 9.88 Å². The highest BCUT2D eigenvalue weighted by Crippen LogP contribution is 2.32. The molecule has 126 valence electrons. The first kappa shape index (κ1) is 16.4. The molecule has 24 heavy (non-hydrogen) atoms. The summed E-state index contributed by atoms with van der Waals surface area (Å²) in [4.78, 5) is 31.3. The van der Waals surface area contributed by atoms with Crippen LogP contribution in [0.15, 0.2) is 35.8 Å². The second kappa shape index (κ2) is 6.23. The second-order valence-corrected chi connectivity index (χ2v) is 6.00. The zero-order valence-electron chi connectivity index (χ0n) is 12.3. The molecule has 0 atom stereocenters. The molecule has 0 aliphatic carbocycles. The summed E-state index contributed by atoms with van der Waals surface area (Å²) >= 11 is 1.29. The first-order chi connectivity index (χ1) is 11.4. The van der Waals surface area contributed by atoms with Crippen LogP contribution < -0.4 is 4.90 Å². The molecule has 0 saturated carbocycles. The Morgan fingerprint density at radius 1 is 1.21 bits per heavy atom. The standard InChI is InChI=1S/C15H12F3N3O2S/c16-15(17,18)11-4-2-1-3-10(11)13(23)20-6-7-21(12(22)9-20)14-19-5-8-24-14/h1-5,8H,6-7,9H2. The van der Waals surface area contributed by atoms with E-state index >= 15 is 0 Å². The fraction of sp³-hybridized carbons (Fsp3) is 0.267. The molecule has 0 N–H and O–H groups in total. The van der Waals surface area contributed by atoms with Gasteiger partial charge < -0.3 is 4.90 Å². The summed E-state index contributed by atoms with van der Waals surface area (Å²) in [7, 11) is 0. The highest BCUT2D eigenvalue weighted by Gasteiger charge is 2.37. The number of rotatable bonds is 2. The van der Waals surface area contributed by atoms with Gasteiger partial charge in [-0.2, -0.15) is 13.2 Å². The minimum atomic E-state index is -4.63. The Balaban J connectivity index is 1.80. The van der Waals surface area contributed by atoms with E-state index in [4.69, 9.17) is 0 Å². The summed E-state index contributed by atoms with van der Waals surface area (Å²) in [6.45, 7) is 0.0766. The molecule has 0 spiro atoms. The predicted molar refractivity (Wildman–Crippen MR) is 81.8 cm³/mol. The minimum Gasteiger partial charge on any atom is -0.328 e. The van der Waals surface area contributed by atoms with Crippen molar-refractivity contribution in [3.05, 3.63) is 47.0 Å². The van der Waals surface area contributed by atoms with Crippen LogP contribution in [0.25, 0.3) is 0 Å². The van der Waals surface area contributed by atoms with Gasteiger partial charge in [-0.25, -0.2) is 4.98 Å². The quantitative estimate of drug-likeness (QED) is 0.832. The van der Waals surface area contributed by atoms with E-state index in [1.807, 2.05) is 0 Å². The number of carbonyl (C=O) groups is 2. The first-order valence-electron chi connectivity index (χ1n) is 7.03. The Hall–Kier alpha value is -2.42. The third-order valence-electron chi connectivity index (χ3n) is 3.62. The second-order valence-electron chi connectivity index (χ2n) is 5.13. The van der Waals surface area contributed by atoms with Crippen molar-refractivity contribution >= 4 is 28.3 Å². The number of carbonyl (C=O) groups excluding carboxylic acids is 2. The number of anilines is 1. The number of halogens is 3. The van der Waals surface area contributed by atoms with Gasteiger partial charge in [0.2, 0.25) is 5.91 Å². The normalized spacial score (nSPS) is 15.7. The average Bonchev–Trinajstić information content (AvgIpc) is 3.07. The highest BCUT2D eigenvalue weighted by molar-refractivity contribution is 7.13. The smallest absolute Gasteiger partial charge is 0.328 e. The van der Waals surface area contributed by atoms with Gasteiger partial charge in [-0.1, -0.05) is 12.1 Å². The molecule has 1 aromatic heterocycles. The number of thiazole rings is 1. The molecule has 0 unspecified atom stereocenters. The molecule has 1 aliphatic heterocycles. The first-order valence-corrected chi connectivity index (χ1v) is 7.91. The average molecular weight is 355 g/mol. The predicted octanol–water partition coefficient (Wildman–Crippen LogP) is 2.65. The van der Waals surface area contributed by atoms with Crippen LogP contribution in [0.2, 0.25) is 0 Å². The van der Waals surface area contributed by atoms with E-state index in [1.54, 1.807) is 11.6 Å². The van der Waals surface area contributed by atoms with Crippen LogP contribution in [0, 0.1) is 0 Å². The van der Waals surface area contributed by atoms with Crippen LogP contribution in [0.4, 0.5) is 18.3 Å². The van der Waals surface area contributed by atoms with Gasteiger partial charge in [-0.15, -0.1) is 11.3 Å². The fourth-order valence-corrected chi connectivity index (χ4v) is 3.17. The molecule has 0 bridgehead atoms. The largest absolute Gasteiger partial charge is 0.417 e. The number of piperazine rings is 1. The summed E-state index contributed by atoms with van der Waals surface area (Å²) in [5.74, 6) is -1.16. The zero-order valence-corrected chi connectivity index (χ0v) is 13.1. The highest BCUT2D eigenvalue weighted by atomic mass is 32.1. The lowest BCUT2D eigenvalue weighted by molar-refractivity contribution is -0.138. The SMILES string of the molecule is O=C(c1ccccc1C(F)(F)F)N1CCN(c2nccs2)C(=O)C1. The Morgan fingerprint density at radius 3 is 2.58 bits per heavy atom. The Labute approximate surface area is 139 Å². The van der Waals surface area contributed by atoms with Crippen LogP contribution in [0.1, 0.15) is 15.9 Å². The number of nitrogens with zero attached hydrogens (tertiary/aromatic N) is 3. The molecule has 1 aromatic carbocycles. The summed E-state index contributed by atoms with van der Waals surface area (Å²) < 4.78 is 39.1. The number of alkyl halides is 3. The van der Waals surface area contributed by atoms with E-state index in [0.29, 0.717) is 5.13 Å². The van der Waals surface area contributed by atoms with Gasteiger partial charge in [-0.3, -0.25) is 14.5 Å². The van der Waals surface area contributed by atoms with E-state index in [1.165, 1.54) is 28.4 Å². The van der Waals surface area contributed by atoms with Crippen LogP contribution in [-0.4, -0.2) is 41.3 Å². The molecule has 3 rings (SSSR count). The molecule has 9 heteroatoms. The Bertz CT molecular complexity index is 762. The maximum atomic E-state index is 13.0. The van der Waals surface area contributed by atoms with E-state index < -0.39 is 23.2 Å². The van der Waals surface area contributed by atoms with Crippen molar-refractivity contribution in [3.8, 4) is 0 Å². The summed E-state index contributed by atoms with van der Waals surface area (Å²) in [5.41, 5.74) is -1.44. The lowest BCUT2D eigenvalue weighted by Gasteiger charge is -2.33. The lowest BCUT2D eigenvalue weighted by Crippen LogP contribution is -2.52. The van der Waals surface area contributed by atoms with Crippen molar-refractivity contribution in [2.45, 2.75) is 6.18 Å². The van der Waals surface area contributed by atoms with Crippen molar-refractivity contribution in [3.63, 3.8) is 0 Å². The number of hydrogen-bond donors (Lipinski definition) is 0. The molecule has 1 fully saturated rings. The van der Waals surface area contributed by atoms with Gasteiger partial charge >= 0.3 is 6.18 Å².